The molecule has 6 rings (SSSR count). The predicted molar refractivity (Wildman–Crippen MR) is 167 cm³/mol. The first kappa shape index (κ1) is 28.1. The van der Waals surface area contributed by atoms with Crippen LogP contribution in [0.15, 0.2) is 89.9 Å². The van der Waals surface area contributed by atoms with Gasteiger partial charge in [0, 0.05) is 43.5 Å². The fourth-order valence-electron chi connectivity index (χ4n) is 5.28. The number of hydrogen-bond acceptors (Lipinski definition) is 7. The molecule has 43 heavy (non-hydrogen) atoms. The summed E-state index contributed by atoms with van der Waals surface area (Å²) in [6, 6.07) is 24.7. The van der Waals surface area contributed by atoms with Crippen LogP contribution in [0.2, 0.25) is 0 Å². The fourth-order valence-corrected chi connectivity index (χ4v) is 5.28. The maximum atomic E-state index is 13.2. The van der Waals surface area contributed by atoms with Crippen molar-refractivity contribution in [2.24, 2.45) is 7.05 Å². The van der Waals surface area contributed by atoms with Crippen molar-refractivity contribution in [1.82, 2.24) is 24.2 Å². The van der Waals surface area contributed by atoms with Crippen molar-refractivity contribution in [1.29, 1.82) is 0 Å². The Balaban J connectivity index is 1.18. The summed E-state index contributed by atoms with van der Waals surface area (Å²) >= 11 is 0. The van der Waals surface area contributed by atoms with E-state index in [9.17, 15) is 9.59 Å². The molecule has 5 aromatic rings. The van der Waals surface area contributed by atoms with Gasteiger partial charge in [0.2, 0.25) is 0 Å². The number of carbonyl (C=O) groups excluding carboxylic acids is 1. The van der Waals surface area contributed by atoms with Crippen molar-refractivity contribution in [2.45, 2.75) is 13.5 Å². The Morgan fingerprint density at radius 3 is 2.33 bits per heavy atom. The Hall–Kier alpha value is -5.06. The number of nitrogens with one attached hydrogen (secondary N) is 1. The Labute approximate surface area is 249 Å². The van der Waals surface area contributed by atoms with Crippen molar-refractivity contribution in [3.8, 4) is 28.2 Å². The summed E-state index contributed by atoms with van der Waals surface area (Å²) in [6.07, 6.45) is 1.68. The highest BCUT2D eigenvalue weighted by molar-refractivity contribution is 6.05. The number of para-hydroxylation sites is 1. The molecule has 3 N–H and O–H groups in total. The van der Waals surface area contributed by atoms with Crippen molar-refractivity contribution >= 4 is 17.4 Å². The van der Waals surface area contributed by atoms with E-state index in [2.05, 4.69) is 39.5 Å². The van der Waals surface area contributed by atoms with Crippen LogP contribution < -0.4 is 16.6 Å². The Morgan fingerprint density at radius 2 is 1.63 bits per heavy atom. The molecule has 0 unspecified atom stereocenters. The summed E-state index contributed by atoms with van der Waals surface area (Å²) < 4.78 is 8.61. The number of benzene rings is 3. The number of aromatic nitrogens is 4. The van der Waals surface area contributed by atoms with E-state index in [1.807, 2.05) is 42.5 Å². The summed E-state index contributed by atoms with van der Waals surface area (Å²) in [4.78, 5) is 38.0. The molecule has 1 amide bonds. The van der Waals surface area contributed by atoms with Gasteiger partial charge in [-0.05, 0) is 36.8 Å². The van der Waals surface area contributed by atoms with Gasteiger partial charge >= 0.3 is 0 Å². The number of nitrogens with zero attached hydrogens (tertiary/aromatic N) is 5. The molecule has 3 aromatic carbocycles. The maximum Gasteiger partial charge on any atom is 0.284 e. The maximum absolute atomic E-state index is 13.2. The number of carbonyl (C=O) groups is 1. The largest absolute Gasteiger partial charge is 0.382 e. The van der Waals surface area contributed by atoms with Gasteiger partial charge in [-0.25, -0.2) is 14.6 Å². The molecule has 0 aliphatic carbocycles. The zero-order valence-electron chi connectivity index (χ0n) is 24.2. The lowest BCUT2D eigenvalue weighted by molar-refractivity contribution is 0.0342. The molecule has 1 fully saturated rings. The number of ether oxygens (including phenoxy) is 1. The van der Waals surface area contributed by atoms with Crippen LogP contribution in [0.3, 0.4) is 0 Å². The van der Waals surface area contributed by atoms with E-state index in [1.165, 1.54) is 10.2 Å². The molecule has 1 aliphatic heterocycles. The van der Waals surface area contributed by atoms with Crippen LogP contribution in [0.4, 0.5) is 11.5 Å². The normalized spacial score (nSPS) is 13.6. The highest BCUT2D eigenvalue weighted by Crippen LogP contribution is 2.27. The summed E-state index contributed by atoms with van der Waals surface area (Å²) in [7, 11) is 1.76. The Morgan fingerprint density at radius 1 is 0.953 bits per heavy atom. The molecule has 218 valence electrons. The predicted octanol–water partition coefficient (Wildman–Crippen LogP) is 4.28. The average molecular weight is 576 g/mol. The van der Waals surface area contributed by atoms with Crippen LogP contribution in [-0.4, -0.2) is 56.4 Å². The van der Waals surface area contributed by atoms with E-state index in [1.54, 1.807) is 37.0 Å². The number of nitrogens with two attached hydrogens (primary N) is 1. The molecule has 0 radical (unpaired) electrons. The van der Waals surface area contributed by atoms with Crippen LogP contribution in [0.25, 0.3) is 28.2 Å². The highest BCUT2D eigenvalue weighted by atomic mass is 16.5. The third-order valence-electron chi connectivity index (χ3n) is 7.76. The average Bonchev–Trinajstić information content (AvgIpc) is 3.26. The first-order chi connectivity index (χ1) is 20.9. The summed E-state index contributed by atoms with van der Waals surface area (Å²) in [5.74, 6) is -0.162. The zero-order valence-corrected chi connectivity index (χ0v) is 24.2. The van der Waals surface area contributed by atoms with Crippen LogP contribution >= 0.6 is 0 Å². The van der Waals surface area contributed by atoms with E-state index in [-0.39, 0.29) is 11.1 Å². The van der Waals surface area contributed by atoms with Crippen molar-refractivity contribution in [3.63, 3.8) is 0 Å². The third kappa shape index (κ3) is 5.83. The summed E-state index contributed by atoms with van der Waals surface area (Å²) in [5, 5.41) is 2.85. The first-order valence-corrected chi connectivity index (χ1v) is 14.2. The highest BCUT2D eigenvalue weighted by Gasteiger charge is 2.22. The van der Waals surface area contributed by atoms with Gasteiger partial charge in [0.25, 0.3) is 11.5 Å². The van der Waals surface area contributed by atoms with Gasteiger partial charge in [-0.2, -0.15) is 0 Å². The molecule has 0 spiro atoms. The molecular weight excluding hydrogens is 542 g/mol. The second-order valence-electron chi connectivity index (χ2n) is 10.5. The molecule has 2 aromatic heterocycles. The smallest absolute Gasteiger partial charge is 0.284 e. The molecule has 1 aliphatic rings. The number of amides is 1. The van der Waals surface area contributed by atoms with Gasteiger partial charge < -0.3 is 15.8 Å². The van der Waals surface area contributed by atoms with Crippen molar-refractivity contribution < 1.29 is 9.53 Å². The van der Waals surface area contributed by atoms with Crippen LogP contribution in [0.1, 0.15) is 21.6 Å². The molecule has 3 heterocycles. The van der Waals surface area contributed by atoms with Gasteiger partial charge in [-0.1, -0.05) is 54.6 Å². The lowest BCUT2D eigenvalue weighted by Crippen LogP contribution is -2.35. The van der Waals surface area contributed by atoms with Gasteiger partial charge in [0.1, 0.15) is 17.1 Å². The summed E-state index contributed by atoms with van der Waals surface area (Å²) in [5.41, 5.74) is 11.9. The topological polar surface area (TPSA) is 120 Å². The van der Waals surface area contributed by atoms with Gasteiger partial charge in [-0.3, -0.25) is 19.2 Å². The van der Waals surface area contributed by atoms with Crippen molar-refractivity contribution in [3.05, 3.63) is 112 Å². The van der Waals surface area contributed by atoms with Crippen LogP contribution in [0, 0.1) is 6.92 Å². The molecule has 0 bridgehead atoms. The van der Waals surface area contributed by atoms with E-state index >= 15 is 0 Å². The second-order valence-corrected chi connectivity index (χ2v) is 10.5. The molecule has 1 saturated heterocycles. The van der Waals surface area contributed by atoms with Gasteiger partial charge in [0.15, 0.2) is 0 Å². The zero-order chi connectivity index (χ0) is 29.9. The van der Waals surface area contributed by atoms with E-state index in [0.29, 0.717) is 34.3 Å². The minimum Gasteiger partial charge on any atom is -0.382 e. The minimum atomic E-state index is -0.473. The van der Waals surface area contributed by atoms with Gasteiger partial charge in [0.05, 0.1) is 36.5 Å². The van der Waals surface area contributed by atoms with E-state index in [0.717, 1.165) is 44.0 Å². The Bertz CT molecular complexity index is 1810. The minimum absolute atomic E-state index is 0.0919. The number of hydrogen-bond donors (Lipinski definition) is 2. The lowest BCUT2D eigenvalue weighted by atomic mass is 10.1. The molecule has 10 heteroatoms. The van der Waals surface area contributed by atoms with Crippen molar-refractivity contribution in [2.75, 3.05) is 37.4 Å². The number of nitrogen functional groups attached to an aromatic ring is 1. The summed E-state index contributed by atoms with van der Waals surface area (Å²) in [6.45, 7) is 6.08. The molecule has 10 nitrogen and oxygen atoms in total. The third-order valence-corrected chi connectivity index (χ3v) is 7.76. The van der Waals surface area contributed by atoms with Gasteiger partial charge in [-0.15, -0.1) is 0 Å². The lowest BCUT2D eigenvalue weighted by Gasteiger charge is -2.26. The molecule has 0 atom stereocenters. The number of rotatable bonds is 7. The molecule has 0 saturated carbocycles. The molecular formula is C33H33N7O3. The SMILES string of the molecule is Cc1c(C(=O)Nc2ccc(-c3nc(-c4ccc(CN5CCOCC5)cc4)cnc3N)cc2)c(=O)n(-c2ccccc2)n1C. The van der Waals surface area contributed by atoms with E-state index in [4.69, 9.17) is 15.5 Å². The monoisotopic (exact) mass is 575 g/mol. The van der Waals surface area contributed by atoms with Crippen LogP contribution in [0.5, 0.6) is 0 Å². The number of anilines is 2. The van der Waals surface area contributed by atoms with Crippen LogP contribution in [-0.2, 0) is 18.3 Å². The standard InChI is InChI=1S/C33H33N7O3/c1-22-29(33(42)40(38(22)2)27-6-4-3-5-7-27)32(41)36-26-14-12-25(13-15-26)30-31(34)35-20-28(37-30)24-10-8-23(9-11-24)21-39-16-18-43-19-17-39/h3-15,20H,16-19,21H2,1-2H3,(H2,34,35)(H,36,41). The number of morpholine rings is 1. The quantitative estimate of drug-likeness (QED) is 0.297. The second kappa shape index (κ2) is 12.0. The first-order valence-electron chi connectivity index (χ1n) is 14.2. The van der Waals surface area contributed by atoms with E-state index < -0.39 is 5.91 Å². The Kier molecular flexibility index (Phi) is 7.86. The fraction of sp³-hybridized carbons (Fsp3) is 0.212.